The van der Waals surface area contributed by atoms with E-state index in [1.54, 1.807) is 4.90 Å². The van der Waals surface area contributed by atoms with Gasteiger partial charge in [-0.3, -0.25) is 9.69 Å². The Balaban J connectivity index is 1.58. The van der Waals surface area contributed by atoms with Crippen molar-refractivity contribution in [3.8, 4) is 17.3 Å². The maximum Gasteiger partial charge on any atom is 0.418 e. The Labute approximate surface area is 228 Å². The Morgan fingerprint density at radius 3 is 2.54 bits per heavy atom. The monoisotopic (exact) mass is 561 g/mol. The molecule has 0 saturated carbocycles. The number of nitrogens with zero attached hydrogens (tertiary/aromatic N) is 6. The molecular weight excluding hydrogens is 535 g/mol. The average molecular weight is 562 g/mol. The molecule has 4 heterocycles. The van der Waals surface area contributed by atoms with Crippen molar-refractivity contribution >= 4 is 40.0 Å². The number of likely N-dealkylation sites (tertiary alicyclic amines) is 1. The van der Waals surface area contributed by atoms with Gasteiger partial charge in [-0.05, 0) is 50.4 Å². The smallest absolute Gasteiger partial charge is 0.418 e. The fourth-order valence-electron chi connectivity index (χ4n) is 4.73. The predicted octanol–water partition coefficient (Wildman–Crippen LogP) is 3.86. The molecule has 5 rings (SSSR count). The summed E-state index contributed by atoms with van der Waals surface area (Å²) in [5.74, 6) is 0.296. The Morgan fingerprint density at radius 1 is 1.18 bits per heavy atom. The van der Waals surface area contributed by atoms with E-state index < -0.39 is 11.7 Å². The van der Waals surface area contributed by atoms with E-state index in [1.807, 2.05) is 11.9 Å². The van der Waals surface area contributed by atoms with Crippen LogP contribution in [0.15, 0.2) is 36.9 Å². The minimum atomic E-state index is -4.67. The lowest BCUT2D eigenvalue weighted by molar-refractivity contribution is -0.137. The highest BCUT2D eigenvalue weighted by Gasteiger charge is 2.35. The number of halogens is 4. The van der Waals surface area contributed by atoms with E-state index in [0.29, 0.717) is 49.5 Å². The van der Waals surface area contributed by atoms with Crippen LogP contribution in [0.4, 0.5) is 24.8 Å². The Kier molecular flexibility index (Phi) is 7.25. The number of hydrogen-bond acceptors (Lipinski definition) is 8. The van der Waals surface area contributed by atoms with Crippen LogP contribution in [0.2, 0.25) is 5.02 Å². The van der Waals surface area contributed by atoms with Gasteiger partial charge in [0.25, 0.3) is 0 Å². The van der Waals surface area contributed by atoms with Crippen molar-refractivity contribution in [1.82, 2.24) is 24.8 Å². The van der Waals surface area contributed by atoms with Gasteiger partial charge in [0, 0.05) is 43.2 Å². The van der Waals surface area contributed by atoms with Gasteiger partial charge < -0.3 is 20.3 Å². The van der Waals surface area contributed by atoms with Gasteiger partial charge in [-0.1, -0.05) is 18.2 Å². The third kappa shape index (κ3) is 5.44. The number of benzene rings is 1. The van der Waals surface area contributed by atoms with Crippen LogP contribution in [0.5, 0.6) is 6.01 Å². The second-order valence-electron chi connectivity index (χ2n) is 9.56. The molecule has 2 fully saturated rings. The second kappa shape index (κ2) is 10.5. The van der Waals surface area contributed by atoms with E-state index in [4.69, 9.17) is 22.1 Å². The summed E-state index contributed by atoms with van der Waals surface area (Å²) in [4.78, 5) is 31.0. The molecule has 1 unspecified atom stereocenters. The quantitative estimate of drug-likeness (QED) is 0.453. The normalized spacial score (nSPS) is 18.2. The summed E-state index contributed by atoms with van der Waals surface area (Å²) in [5, 5.41) is 0.582. The summed E-state index contributed by atoms with van der Waals surface area (Å²) in [6.45, 7) is 6.75. The summed E-state index contributed by atoms with van der Waals surface area (Å²) in [6.07, 6.45) is -2.41. The number of hydrogen-bond donors (Lipinski definition) is 1. The van der Waals surface area contributed by atoms with Crippen molar-refractivity contribution in [2.45, 2.75) is 18.6 Å². The average Bonchev–Trinajstić information content (AvgIpc) is 2.90. The maximum absolute atomic E-state index is 13.8. The van der Waals surface area contributed by atoms with Crippen LogP contribution < -0.4 is 15.4 Å². The van der Waals surface area contributed by atoms with Crippen LogP contribution in [0.1, 0.15) is 12.0 Å². The number of likely N-dealkylation sites (N-methyl/N-ethyl adjacent to an activating group) is 1. The van der Waals surface area contributed by atoms with Crippen LogP contribution in [0.3, 0.4) is 0 Å². The van der Waals surface area contributed by atoms with E-state index in [2.05, 4.69) is 26.4 Å². The van der Waals surface area contributed by atoms with Gasteiger partial charge in [0.2, 0.25) is 5.91 Å². The lowest BCUT2D eigenvalue weighted by Crippen LogP contribution is -2.49. The molecule has 0 radical (unpaired) electrons. The molecule has 13 heteroatoms. The lowest BCUT2D eigenvalue weighted by atomic mass is 10.0. The number of piperazine rings is 1. The Bertz CT molecular complexity index is 1430. The molecule has 206 valence electrons. The van der Waals surface area contributed by atoms with Crippen molar-refractivity contribution in [1.29, 1.82) is 0 Å². The molecule has 2 N–H and O–H groups in total. The predicted molar refractivity (Wildman–Crippen MR) is 143 cm³/mol. The first kappa shape index (κ1) is 26.9. The van der Waals surface area contributed by atoms with E-state index in [-0.39, 0.29) is 40.1 Å². The minimum absolute atomic E-state index is 0.0412. The molecule has 0 spiro atoms. The Hall–Kier alpha value is -3.64. The van der Waals surface area contributed by atoms with Gasteiger partial charge in [0.1, 0.15) is 18.2 Å². The van der Waals surface area contributed by atoms with Crippen molar-refractivity contribution in [3.63, 3.8) is 0 Å². The number of pyridine rings is 1. The molecule has 1 amide bonds. The van der Waals surface area contributed by atoms with Gasteiger partial charge in [0.15, 0.2) is 0 Å². The summed E-state index contributed by atoms with van der Waals surface area (Å²) in [7, 11) is 2.00. The zero-order valence-electron chi connectivity index (χ0n) is 21.2. The summed E-state index contributed by atoms with van der Waals surface area (Å²) in [6, 6.07) is 5.32. The van der Waals surface area contributed by atoms with Gasteiger partial charge in [-0.15, -0.1) is 0 Å². The van der Waals surface area contributed by atoms with E-state index in [0.717, 1.165) is 25.1 Å². The molecule has 3 aromatic rings. The number of ether oxygens (including phenoxy) is 1. The molecule has 1 atom stereocenters. The summed E-state index contributed by atoms with van der Waals surface area (Å²) in [5.41, 5.74) is 4.79. The van der Waals surface area contributed by atoms with Crippen molar-refractivity contribution < 1.29 is 22.7 Å². The molecule has 2 aromatic heterocycles. The van der Waals surface area contributed by atoms with E-state index in [1.165, 1.54) is 18.2 Å². The number of amides is 1. The number of aromatic nitrogens is 3. The van der Waals surface area contributed by atoms with Crippen LogP contribution in [0, 0.1) is 0 Å². The minimum Gasteiger partial charge on any atom is -0.462 e. The molecule has 2 aliphatic rings. The van der Waals surface area contributed by atoms with Gasteiger partial charge in [-0.2, -0.15) is 23.1 Å². The number of rotatable bonds is 6. The third-order valence-corrected chi connectivity index (χ3v) is 7.44. The first-order valence-corrected chi connectivity index (χ1v) is 12.8. The SMILES string of the molecule is C=CC(=O)N1CCN(c2nc(OCC3CCN3C)nc3cc(-c4nc(N)ccc4C(F)(F)F)c(Cl)cc23)CC1. The molecular formula is C26H27ClF3N7O2. The zero-order valence-corrected chi connectivity index (χ0v) is 22.0. The van der Waals surface area contributed by atoms with Crippen molar-refractivity contribution in [2.24, 2.45) is 0 Å². The van der Waals surface area contributed by atoms with Crippen molar-refractivity contribution in [2.75, 3.05) is 57.0 Å². The number of carbonyl (C=O) groups is 1. The molecule has 2 saturated heterocycles. The maximum atomic E-state index is 13.8. The lowest BCUT2D eigenvalue weighted by Gasteiger charge is -2.37. The highest BCUT2D eigenvalue weighted by atomic mass is 35.5. The largest absolute Gasteiger partial charge is 0.462 e. The number of carbonyl (C=O) groups excluding carboxylic acids is 1. The summed E-state index contributed by atoms with van der Waals surface area (Å²) >= 11 is 6.57. The second-order valence-corrected chi connectivity index (χ2v) is 9.97. The highest BCUT2D eigenvalue weighted by Crippen LogP contribution is 2.41. The molecule has 0 aliphatic carbocycles. The van der Waals surface area contributed by atoms with Crippen LogP contribution in [-0.2, 0) is 11.0 Å². The number of nitrogens with two attached hydrogens (primary N) is 1. The highest BCUT2D eigenvalue weighted by molar-refractivity contribution is 6.34. The summed E-state index contributed by atoms with van der Waals surface area (Å²) < 4.78 is 47.4. The first-order chi connectivity index (χ1) is 18.5. The third-order valence-electron chi connectivity index (χ3n) is 7.13. The van der Waals surface area contributed by atoms with Crippen LogP contribution >= 0.6 is 11.6 Å². The van der Waals surface area contributed by atoms with Crippen LogP contribution in [-0.4, -0.2) is 83.1 Å². The fraction of sp³-hybridized carbons (Fsp3) is 0.385. The molecule has 39 heavy (non-hydrogen) atoms. The van der Waals surface area contributed by atoms with Crippen LogP contribution in [0.25, 0.3) is 22.2 Å². The number of alkyl halides is 3. The number of anilines is 2. The first-order valence-electron chi connectivity index (χ1n) is 12.4. The van der Waals surface area contributed by atoms with Gasteiger partial charge in [-0.25, -0.2) is 4.98 Å². The van der Waals surface area contributed by atoms with Gasteiger partial charge in [0.05, 0.1) is 21.8 Å². The zero-order chi connectivity index (χ0) is 27.9. The van der Waals surface area contributed by atoms with E-state index >= 15 is 0 Å². The van der Waals surface area contributed by atoms with E-state index in [9.17, 15) is 18.0 Å². The number of nitrogen functional groups attached to an aromatic ring is 1. The standard InChI is InChI=1S/C26H27ClF3N7O2/c1-3-22(38)36-8-10-37(11-9-36)24-17-12-19(27)16(23-18(26(28,29)30)4-5-21(31)33-23)13-20(17)32-25(34-24)39-14-15-6-7-35(15)2/h3-5,12-13,15H,1,6-11,14H2,2H3,(H2,31,33). The Morgan fingerprint density at radius 2 is 1.92 bits per heavy atom. The van der Waals surface area contributed by atoms with Crippen molar-refractivity contribution in [3.05, 3.63) is 47.5 Å². The fourth-order valence-corrected chi connectivity index (χ4v) is 4.98. The molecule has 9 nitrogen and oxygen atoms in total. The van der Waals surface area contributed by atoms with Gasteiger partial charge >= 0.3 is 12.2 Å². The number of fused-ring (bicyclic) bond motifs is 1. The topological polar surface area (TPSA) is 101 Å². The molecule has 0 bridgehead atoms. The molecule has 2 aliphatic heterocycles. The molecule has 1 aromatic carbocycles.